The Morgan fingerprint density at radius 1 is 0.745 bits per heavy atom. The van der Waals surface area contributed by atoms with E-state index in [0.717, 1.165) is 11.3 Å². The van der Waals surface area contributed by atoms with E-state index in [9.17, 15) is 9.59 Å². The normalized spacial score (nSPS) is 15.7. The molecular weight excluding hydrogens is 604 g/mol. The first kappa shape index (κ1) is 31.3. The third-order valence-electron chi connectivity index (χ3n) is 8.20. The second-order valence-electron chi connectivity index (χ2n) is 10.8. The molecule has 0 saturated heterocycles. The molecule has 0 unspecified atom stereocenters. The number of allylic oxidation sites excluding steroid dienone is 1. The van der Waals surface area contributed by atoms with Crippen molar-refractivity contribution in [3.05, 3.63) is 100 Å². The van der Waals surface area contributed by atoms with Crippen LogP contribution < -0.4 is 37.9 Å². The van der Waals surface area contributed by atoms with Gasteiger partial charge < -0.3 is 37.9 Å². The van der Waals surface area contributed by atoms with Gasteiger partial charge in [-0.25, -0.2) is 0 Å². The van der Waals surface area contributed by atoms with Crippen LogP contribution in [0.1, 0.15) is 45.0 Å². The standard InChI is InChI=1S/C37H34O10/c1-40-23-12-9-21(10-13-23)17-18-45-35-24(7-6-8-28(35)41-2)26-20-31(38)46-27-16-14-25-33(39)30(47-36(25)32(26)27)19-22-11-15-29(42-3)37(44-5)34(22)43-4/h6-16,19,26H,17-18,20H2,1-5H3/b30-19-/t26-/m1/s1. The molecular formula is C37H34O10. The SMILES string of the molecule is COc1ccc(CCOc2c(OC)cccc2[C@H]2CC(=O)Oc3ccc4c(c32)O/C(=C\c2ccc(OC)c(OC)c2OC)C4=O)cc1. The maximum absolute atomic E-state index is 13.7. The van der Waals surface area contributed by atoms with E-state index < -0.39 is 11.9 Å². The largest absolute Gasteiger partial charge is 0.497 e. The molecule has 4 aromatic carbocycles. The molecule has 0 N–H and O–H groups in total. The fourth-order valence-corrected chi connectivity index (χ4v) is 5.94. The van der Waals surface area contributed by atoms with Gasteiger partial charge in [0, 0.05) is 29.0 Å². The quantitative estimate of drug-likeness (QED) is 0.104. The van der Waals surface area contributed by atoms with Gasteiger partial charge in [0.25, 0.3) is 0 Å². The fraction of sp³-hybridized carbons (Fsp3) is 0.243. The van der Waals surface area contributed by atoms with Gasteiger partial charge in [-0.15, -0.1) is 0 Å². The van der Waals surface area contributed by atoms with E-state index in [-0.39, 0.29) is 18.0 Å². The number of carbonyl (C=O) groups is 2. The molecule has 0 aliphatic carbocycles. The van der Waals surface area contributed by atoms with Crippen LogP contribution in [-0.2, 0) is 11.2 Å². The van der Waals surface area contributed by atoms with E-state index in [2.05, 4.69) is 0 Å². The van der Waals surface area contributed by atoms with Gasteiger partial charge in [-0.1, -0.05) is 24.3 Å². The van der Waals surface area contributed by atoms with Crippen LogP contribution in [0.25, 0.3) is 6.08 Å². The Kier molecular flexibility index (Phi) is 8.92. The molecule has 0 radical (unpaired) electrons. The summed E-state index contributed by atoms with van der Waals surface area (Å²) in [5.74, 6) is 2.48. The maximum atomic E-state index is 13.7. The minimum absolute atomic E-state index is 0.00552. The highest BCUT2D eigenvalue weighted by Gasteiger charge is 2.40. The zero-order valence-electron chi connectivity index (χ0n) is 26.7. The monoisotopic (exact) mass is 638 g/mol. The number of fused-ring (bicyclic) bond motifs is 3. The summed E-state index contributed by atoms with van der Waals surface area (Å²) in [5, 5.41) is 0. The third kappa shape index (κ3) is 5.90. The minimum Gasteiger partial charge on any atom is -0.497 e. The first-order valence-electron chi connectivity index (χ1n) is 14.9. The summed E-state index contributed by atoms with van der Waals surface area (Å²) in [6, 6.07) is 20.0. The summed E-state index contributed by atoms with van der Waals surface area (Å²) < 4.78 is 45.8. The second kappa shape index (κ2) is 13.4. The van der Waals surface area contributed by atoms with Crippen LogP contribution in [0.4, 0.5) is 0 Å². The number of carbonyl (C=O) groups excluding carboxylic acids is 2. The summed E-state index contributed by atoms with van der Waals surface area (Å²) in [4.78, 5) is 26.6. The van der Waals surface area contributed by atoms with Gasteiger partial charge in [-0.2, -0.15) is 0 Å². The van der Waals surface area contributed by atoms with E-state index in [1.54, 1.807) is 50.6 Å². The number of hydrogen-bond acceptors (Lipinski definition) is 10. The van der Waals surface area contributed by atoms with Gasteiger partial charge in [0.1, 0.15) is 17.2 Å². The summed E-state index contributed by atoms with van der Waals surface area (Å²) in [6.07, 6.45) is 2.23. The maximum Gasteiger partial charge on any atom is 0.312 e. The van der Waals surface area contributed by atoms with Crippen molar-refractivity contribution in [1.82, 2.24) is 0 Å². The number of ether oxygens (including phenoxy) is 8. The second-order valence-corrected chi connectivity index (χ2v) is 10.8. The van der Waals surface area contributed by atoms with E-state index in [4.69, 9.17) is 37.9 Å². The van der Waals surface area contributed by atoms with Crippen molar-refractivity contribution in [2.75, 3.05) is 42.2 Å². The number of methoxy groups -OCH3 is 5. The van der Waals surface area contributed by atoms with Crippen molar-refractivity contribution in [3.63, 3.8) is 0 Å². The van der Waals surface area contributed by atoms with Crippen LogP contribution in [0.2, 0.25) is 0 Å². The lowest BCUT2D eigenvalue weighted by molar-refractivity contribution is -0.135. The van der Waals surface area contributed by atoms with Gasteiger partial charge >= 0.3 is 5.97 Å². The number of rotatable bonds is 11. The van der Waals surface area contributed by atoms with Crippen LogP contribution in [0.15, 0.2) is 72.5 Å². The number of Topliss-reactive ketones (excluding diaryl/α,β-unsaturated/α-hetero) is 1. The molecule has 2 aliphatic heterocycles. The molecule has 0 amide bonds. The molecule has 0 saturated carbocycles. The Morgan fingerprint density at radius 2 is 1.49 bits per heavy atom. The van der Waals surface area contributed by atoms with Crippen LogP contribution >= 0.6 is 0 Å². The van der Waals surface area contributed by atoms with Gasteiger partial charge in [0.05, 0.1) is 54.1 Å². The fourth-order valence-electron chi connectivity index (χ4n) is 5.94. The number of hydrogen-bond donors (Lipinski definition) is 0. The lowest BCUT2D eigenvalue weighted by Gasteiger charge is -2.28. The molecule has 242 valence electrons. The highest BCUT2D eigenvalue weighted by molar-refractivity contribution is 6.15. The zero-order chi connectivity index (χ0) is 33.1. The summed E-state index contributed by atoms with van der Waals surface area (Å²) in [6.45, 7) is 0.353. The summed E-state index contributed by atoms with van der Waals surface area (Å²) in [5.41, 5.74) is 3.26. The average Bonchev–Trinajstić information content (AvgIpc) is 3.42. The van der Waals surface area contributed by atoms with Gasteiger partial charge in [-0.05, 0) is 54.1 Å². The number of benzene rings is 4. The molecule has 2 aliphatic rings. The molecule has 1 atom stereocenters. The topological polar surface area (TPSA) is 108 Å². The van der Waals surface area contributed by atoms with Crippen molar-refractivity contribution < 1.29 is 47.5 Å². The van der Waals surface area contributed by atoms with Crippen LogP contribution in [-0.4, -0.2) is 53.9 Å². The average molecular weight is 639 g/mol. The van der Waals surface area contributed by atoms with E-state index >= 15 is 0 Å². The Balaban J connectivity index is 1.37. The van der Waals surface area contributed by atoms with Crippen molar-refractivity contribution in [1.29, 1.82) is 0 Å². The van der Waals surface area contributed by atoms with Gasteiger partial charge in [-0.3, -0.25) is 9.59 Å². The molecule has 6 rings (SSSR count). The molecule has 2 heterocycles. The van der Waals surface area contributed by atoms with Crippen molar-refractivity contribution in [2.24, 2.45) is 0 Å². The predicted octanol–water partition coefficient (Wildman–Crippen LogP) is 6.41. The lowest BCUT2D eigenvalue weighted by atomic mass is 9.84. The Labute approximate surface area is 272 Å². The molecule has 0 aromatic heterocycles. The number of esters is 1. The highest BCUT2D eigenvalue weighted by atomic mass is 16.5. The smallest absolute Gasteiger partial charge is 0.312 e. The highest BCUT2D eigenvalue weighted by Crippen LogP contribution is 2.52. The first-order valence-corrected chi connectivity index (χ1v) is 14.9. The van der Waals surface area contributed by atoms with Crippen LogP contribution in [0, 0.1) is 0 Å². The molecule has 10 nitrogen and oxygen atoms in total. The van der Waals surface area contributed by atoms with Gasteiger partial charge in [0.15, 0.2) is 28.8 Å². The lowest BCUT2D eigenvalue weighted by Crippen LogP contribution is -2.22. The van der Waals surface area contributed by atoms with E-state index in [0.29, 0.717) is 75.5 Å². The molecule has 47 heavy (non-hydrogen) atoms. The number of ketones is 1. The Hall–Kier alpha value is -5.64. The molecule has 0 spiro atoms. The molecule has 0 bridgehead atoms. The molecule has 4 aromatic rings. The zero-order valence-corrected chi connectivity index (χ0v) is 26.7. The van der Waals surface area contributed by atoms with Gasteiger partial charge in [0.2, 0.25) is 11.5 Å². The van der Waals surface area contributed by atoms with Crippen molar-refractivity contribution >= 4 is 17.8 Å². The Morgan fingerprint density at radius 3 is 2.19 bits per heavy atom. The minimum atomic E-state index is -0.546. The van der Waals surface area contributed by atoms with E-state index in [1.165, 1.54) is 21.3 Å². The summed E-state index contributed by atoms with van der Waals surface area (Å²) >= 11 is 0. The van der Waals surface area contributed by atoms with Crippen molar-refractivity contribution in [2.45, 2.75) is 18.8 Å². The molecule has 10 heteroatoms. The van der Waals surface area contributed by atoms with Crippen molar-refractivity contribution in [3.8, 4) is 46.0 Å². The summed E-state index contributed by atoms with van der Waals surface area (Å²) in [7, 11) is 7.74. The van der Waals surface area contributed by atoms with Crippen LogP contribution in [0.5, 0.6) is 46.0 Å². The van der Waals surface area contributed by atoms with E-state index in [1.807, 2.05) is 36.4 Å². The number of para-hydroxylation sites is 1. The third-order valence-corrected chi connectivity index (χ3v) is 8.20. The predicted molar refractivity (Wildman–Crippen MR) is 173 cm³/mol. The molecule has 0 fully saturated rings. The van der Waals surface area contributed by atoms with Crippen LogP contribution in [0.3, 0.4) is 0 Å². The first-order chi connectivity index (χ1) is 22.9. The Bertz CT molecular complexity index is 1860.